The number of aryl methyl sites for hydroxylation is 1. The predicted octanol–water partition coefficient (Wildman–Crippen LogP) is 2.78. The summed E-state index contributed by atoms with van der Waals surface area (Å²) in [7, 11) is -3.70. The van der Waals surface area contributed by atoms with Gasteiger partial charge in [-0.1, -0.05) is 11.6 Å². The second-order valence-electron chi connectivity index (χ2n) is 3.61. The Morgan fingerprint density at radius 3 is 2.74 bits per heavy atom. The van der Waals surface area contributed by atoms with Crippen molar-refractivity contribution in [1.29, 1.82) is 5.26 Å². The fraction of sp³-hybridized carbons (Fsp3) is 0.0909. The third-order valence-electron chi connectivity index (χ3n) is 2.21. The summed E-state index contributed by atoms with van der Waals surface area (Å²) in [5, 5.41) is 9.54. The largest absolute Gasteiger partial charge is 0.277 e. The fourth-order valence-electron chi connectivity index (χ4n) is 1.33. The minimum atomic E-state index is -3.70. The van der Waals surface area contributed by atoms with E-state index < -0.39 is 10.0 Å². The first kappa shape index (κ1) is 13.8. The third kappa shape index (κ3) is 3.04. The van der Waals surface area contributed by atoms with Gasteiger partial charge in [0, 0.05) is 0 Å². The van der Waals surface area contributed by atoms with Crippen LogP contribution in [0.1, 0.15) is 10.6 Å². The minimum absolute atomic E-state index is 0.116. The zero-order valence-electron chi connectivity index (χ0n) is 9.71. The molecule has 8 heteroatoms. The molecule has 0 spiro atoms. The Morgan fingerprint density at radius 2 is 2.21 bits per heavy atom. The Labute approximate surface area is 119 Å². The number of nitrogens with one attached hydrogen (secondary N) is 1. The highest BCUT2D eigenvalue weighted by Gasteiger charge is 2.18. The summed E-state index contributed by atoms with van der Waals surface area (Å²) in [5.41, 5.74) is 0.591. The molecule has 1 N–H and O–H groups in total. The van der Waals surface area contributed by atoms with Gasteiger partial charge in [-0.3, -0.25) is 4.72 Å². The molecular formula is C11H8ClN3O2S2. The van der Waals surface area contributed by atoms with Crippen LogP contribution in [0.3, 0.4) is 0 Å². The van der Waals surface area contributed by atoms with E-state index in [0.29, 0.717) is 10.6 Å². The maximum absolute atomic E-state index is 12.1. The topological polar surface area (TPSA) is 82.8 Å². The van der Waals surface area contributed by atoms with Crippen molar-refractivity contribution < 1.29 is 8.42 Å². The molecule has 0 fully saturated rings. The number of hydrogen-bond donors (Lipinski definition) is 1. The number of benzene rings is 1. The third-order valence-corrected chi connectivity index (χ3v) is 5.26. The van der Waals surface area contributed by atoms with E-state index in [1.165, 1.54) is 24.4 Å². The summed E-state index contributed by atoms with van der Waals surface area (Å²) in [4.78, 5) is 3.90. The molecule has 1 aromatic carbocycles. The van der Waals surface area contributed by atoms with Crippen molar-refractivity contribution in [2.75, 3.05) is 4.72 Å². The van der Waals surface area contributed by atoms with E-state index in [-0.39, 0.29) is 14.9 Å². The first-order valence-electron chi connectivity index (χ1n) is 5.07. The summed E-state index contributed by atoms with van der Waals surface area (Å²) in [5.74, 6) is 0. The molecule has 5 nitrogen and oxygen atoms in total. The summed E-state index contributed by atoms with van der Waals surface area (Å²) >= 11 is 6.99. The van der Waals surface area contributed by atoms with E-state index in [0.717, 1.165) is 11.3 Å². The van der Waals surface area contributed by atoms with Crippen LogP contribution in [0, 0.1) is 18.3 Å². The second kappa shape index (κ2) is 5.17. The van der Waals surface area contributed by atoms with Gasteiger partial charge >= 0.3 is 0 Å². The fourth-order valence-corrected chi connectivity index (χ4v) is 3.80. The molecule has 0 amide bonds. The highest BCUT2D eigenvalue weighted by molar-refractivity contribution is 7.94. The molecule has 0 saturated carbocycles. The zero-order chi connectivity index (χ0) is 14.0. The van der Waals surface area contributed by atoms with E-state index in [4.69, 9.17) is 16.9 Å². The van der Waals surface area contributed by atoms with Gasteiger partial charge in [-0.15, -0.1) is 11.3 Å². The lowest BCUT2D eigenvalue weighted by Crippen LogP contribution is -2.11. The number of thiazole rings is 1. The van der Waals surface area contributed by atoms with Crippen LogP contribution in [0.5, 0.6) is 0 Å². The van der Waals surface area contributed by atoms with Crippen molar-refractivity contribution in [3.05, 3.63) is 40.0 Å². The van der Waals surface area contributed by atoms with Crippen LogP contribution in [-0.2, 0) is 10.0 Å². The highest BCUT2D eigenvalue weighted by Crippen LogP contribution is 2.27. The van der Waals surface area contributed by atoms with Gasteiger partial charge in [-0.05, 0) is 25.1 Å². The number of hydrogen-bond acceptors (Lipinski definition) is 5. The Hall–Kier alpha value is -1.62. The van der Waals surface area contributed by atoms with E-state index in [9.17, 15) is 8.42 Å². The van der Waals surface area contributed by atoms with Crippen molar-refractivity contribution in [1.82, 2.24) is 4.98 Å². The number of nitrogens with zero attached hydrogens (tertiary/aromatic N) is 2. The molecular weight excluding hydrogens is 306 g/mol. The average molecular weight is 314 g/mol. The van der Waals surface area contributed by atoms with Gasteiger partial charge in [0.05, 0.1) is 33.5 Å². The molecule has 0 atom stereocenters. The van der Waals surface area contributed by atoms with Gasteiger partial charge < -0.3 is 0 Å². The molecule has 0 aliphatic rings. The zero-order valence-corrected chi connectivity index (χ0v) is 12.1. The minimum Gasteiger partial charge on any atom is -0.277 e. The van der Waals surface area contributed by atoms with E-state index >= 15 is 0 Å². The molecule has 0 unspecified atom stereocenters. The smallest absolute Gasteiger partial charge is 0.273 e. The maximum atomic E-state index is 12.1. The van der Waals surface area contributed by atoms with Gasteiger partial charge in [0.15, 0.2) is 4.21 Å². The average Bonchev–Trinajstić information content (AvgIpc) is 2.79. The molecule has 1 heterocycles. The molecule has 2 aromatic rings. The maximum Gasteiger partial charge on any atom is 0.273 e. The lowest BCUT2D eigenvalue weighted by Gasteiger charge is -2.07. The van der Waals surface area contributed by atoms with Crippen LogP contribution < -0.4 is 4.72 Å². The highest BCUT2D eigenvalue weighted by atomic mass is 35.5. The van der Waals surface area contributed by atoms with E-state index in [1.54, 1.807) is 6.92 Å². The Balaban J connectivity index is 2.34. The number of sulfonamides is 1. The van der Waals surface area contributed by atoms with Gasteiger partial charge in [0.2, 0.25) is 0 Å². The first-order chi connectivity index (χ1) is 8.92. The van der Waals surface area contributed by atoms with Crippen LogP contribution in [0.25, 0.3) is 0 Å². The standard InChI is InChI=1S/C11H8ClN3O2S2/c1-7-14-6-11(18-7)19(16,17)15-10-3-2-8(5-13)4-9(10)12/h2-4,6,15H,1H3. The van der Waals surface area contributed by atoms with Crippen LogP contribution in [0.2, 0.25) is 5.02 Å². The van der Waals surface area contributed by atoms with Gasteiger partial charge in [0.25, 0.3) is 10.0 Å². The van der Waals surface area contributed by atoms with Crippen molar-refractivity contribution in [2.24, 2.45) is 0 Å². The molecule has 98 valence electrons. The van der Waals surface area contributed by atoms with Crippen LogP contribution >= 0.6 is 22.9 Å². The van der Waals surface area contributed by atoms with Crippen molar-refractivity contribution in [3.63, 3.8) is 0 Å². The quantitative estimate of drug-likeness (QED) is 0.944. The van der Waals surface area contributed by atoms with Crippen LogP contribution in [0.15, 0.2) is 28.6 Å². The first-order valence-corrected chi connectivity index (χ1v) is 7.75. The second-order valence-corrected chi connectivity index (χ2v) is 7.16. The van der Waals surface area contributed by atoms with Gasteiger partial charge in [-0.2, -0.15) is 5.26 Å². The number of halogens is 1. The Kier molecular flexibility index (Phi) is 3.75. The molecule has 2 rings (SSSR count). The number of rotatable bonds is 3. The molecule has 19 heavy (non-hydrogen) atoms. The number of nitriles is 1. The van der Waals surface area contributed by atoms with Crippen molar-refractivity contribution >= 4 is 38.6 Å². The summed E-state index contributed by atoms with van der Waals surface area (Å²) in [6.07, 6.45) is 1.29. The van der Waals surface area contributed by atoms with Gasteiger partial charge in [-0.25, -0.2) is 13.4 Å². The van der Waals surface area contributed by atoms with Crippen molar-refractivity contribution in [3.8, 4) is 6.07 Å². The lowest BCUT2D eigenvalue weighted by molar-refractivity contribution is 0.603. The lowest BCUT2D eigenvalue weighted by atomic mass is 10.2. The molecule has 0 aliphatic carbocycles. The molecule has 0 radical (unpaired) electrons. The summed E-state index contributed by atoms with van der Waals surface area (Å²) in [6, 6.07) is 6.26. The van der Waals surface area contributed by atoms with Crippen LogP contribution in [0.4, 0.5) is 5.69 Å². The number of aromatic nitrogens is 1. The normalized spacial score (nSPS) is 11.0. The monoisotopic (exact) mass is 313 g/mol. The van der Waals surface area contributed by atoms with Gasteiger partial charge in [0.1, 0.15) is 0 Å². The van der Waals surface area contributed by atoms with E-state index in [1.807, 2.05) is 6.07 Å². The van der Waals surface area contributed by atoms with E-state index in [2.05, 4.69) is 9.71 Å². The van der Waals surface area contributed by atoms with Crippen LogP contribution in [-0.4, -0.2) is 13.4 Å². The molecule has 0 aliphatic heterocycles. The SMILES string of the molecule is Cc1ncc(S(=O)(=O)Nc2ccc(C#N)cc2Cl)s1. The molecule has 0 bridgehead atoms. The van der Waals surface area contributed by atoms with Crippen molar-refractivity contribution in [2.45, 2.75) is 11.1 Å². The summed E-state index contributed by atoms with van der Waals surface area (Å²) < 4.78 is 26.6. The summed E-state index contributed by atoms with van der Waals surface area (Å²) in [6.45, 7) is 1.72. The Morgan fingerprint density at radius 1 is 1.47 bits per heavy atom. The predicted molar refractivity (Wildman–Crippen MR) is 73.8 cm³/mol. The molecule has 1 aromatic heterocycles. The Bertz CT molecular complexity index is 762. The molecule has 0 saturated heterocycles. The number of anilines is 1.